The molecule has 1 aliphatic rings. The maximum atomic E-state index is 12.7. The molecule has 0 bridgehead atoms. The van der Waals surface area contributed by atoms with Crippen LogP contribution in [0.4, 0.5) is 0 Å². The zero-order chi connectivity index (χ0) is 22.3. The molecule has 9 heteroatoms. The average molecular weight is 511 g/mol. The summed E-state index contributed by atoms with van der Waals surface area (Å²) in [6.45, 7) is 3.39. The molecule has 1 aliphatic heterocycles. The highest BCUT2D eigenvalue weighted by molar-refractivity contribution is 9.10. The lowest BCUT2D eigenvalue weighted by molar-refractivity contribution is -0.127. The highest BCUT2D eigenvalue weighted by Gasteiger charge is 2.25. The van der Waals surface area contributed by atoms with Gasteiger partial charge >= 0.3 is 0 Å². The number of benzene rings is 2. The van der Waals surface area contributed by atoms with Gasteiger partial charge < -0.3 is 14.8 Å². The van der Waals surface area contributed by atoms with Gasteiger partial charge in [0.05, 0.1) is 11.4 Å². The Bertz CT molecular complexity index is 958. The summed E-state index contributed by atoms with van der Waals surface area (Å²) in [7, 11) is -3.45. The Morgan fingerprint density at radius 1 is 1.03 bits per heavy atom. The van der Waals surface area contributed by atoms with E-state index in [9.17, 15) is 13.2 Å². The van der Waals surface area contributed by atoms with Gasteiger partial charge in [-0.05, 0) is 68.3 Å². The summed E-state index contributed by atoms with van der Waals surface area (Å²) in [5, 5.41) is 2.76. The molecule has 1 atom stereocenters. The van der Waals surface area contributed by atoms with Crippen LogP contribution >= 0.6 is 15.9 Å². The fourth-order valence-corrected chi connectivity index (χ4v) is 5.00. The van der Waals surface area contributed by atoms with Crippen LogP contribution in [0.5, 0.6) is 11.5 Å². The molecular formula is C22H27BrN2O5S. The monoisotopic (exact) mass is 510 g/mol. The first-order valence-electron chi connectivity index (χ1n) is 10.3. The van der Waals surface area contributed by atoms with E-state index in [0.717, 1.165) is 23.7 Å². The number of ether oxygens (including phenoxy) is 2. The Balaban J connectivity index is 1.42. The van der Waals surface area contributed by atoms with Crippen LogP contribution in [0.2, 0.25) is 0 Å². The fourth-order valence-electron chi connectivity index (χ4n) is 3.22. The molecule has 0 aromatic heterocycles. The minimum Gasteiger partial charge on any atom is -0.492 e. The molecule has 0 spiro atoms. The van der Waals surface area contributed by atoms with Gasteiger partial charge in [0.15, 0.2) is 6.10 Å². The van der Waals surface area contributed by atoms with E-state index < -0.39 is 16.1 Å². The summed E-state index contributed by atoms with van der Waals surface area (Å²) in [4.78, 5) is 12.4. The Hall–Kier alpha value is -2.10. The molecule has 1 heterocycles. The molecule has 0 radical (unpaired) electrons. The molecule has 0 aliphatic carbocycles. The first-order chi connectivity index (χ1) is 14.9. The molecule has 168 valence electrons. The predicted octanol–water partition coefficient (Wildman–Crippen LogP) is 3.59. The fraction of sp³-hybridized carbons (Fsp3) is 0.409. The SMILES string of the molecule is C[C@@H](Oc1ccc(Br)cc1)C(=O)NCCOc1ccc(S(=O)(=O)N2CCCCC2)cc1. The molecule has 0 saturated carbocycles. The van der Waals surface area contributed by atoms with E-state index in [1.54, 1.807) is 47.6 Å². The molecule has 1 amide bonds. The van der Waals surface area contributed by atoms with E-state index >= 15 is 0 Å². The second-order valence-electron chi connectivity index (χ2n) is 7.29. The van der Waals surface area contributed by atoms with Gasteiger partial charge in [-0.2, -0.15) is 4.31 Å². The lowest BCUT2D eigenvalue weighted by Crippen LogP contribution is -2.38. The number of carbonyl (C=O) groups excluding carboxylic acids is 1. The number of hydrogen-bond donors (Lipinski definition) is 1. The van der Waals surface area contributed by atoms with Crippen molar-refractivity contribution in [3.8, 4) is 11.5 Å². The van der Waals surface area contributed by atoms with Crippen molar-refractivity contribution in [2.24, 2.45) is 0 Å². The summed E-state index contributed by atoms with van der Waals surface area (Å²) < 4.78 is 39.0. The quantitative estimate of drug-likeness (QED) is 0.521. The van der Waals surface area contributed by atoms with E-state index in [-0.39, 0.29) is 17.4 Å². The Kier molecular flexibility index (Phi) is 8.34. The molecule has 2 aromatic rings. The van der Waals surface area contributed by atoms with Gasteiger partial charge in [0.25, 0.3) is 5.91 Å². The van der Waals surface area contributed by atoms with Crippen molar-refractivity contribution in [2.75, 3.05) is 26.2 Å². The molecule has 7 nitrogen and oxygen atoms in total. The van der Waals surface area contributed by atoms with Crippen molar-refractivity contribution < 1.29 is 22.7 Å². The summed E-state index contributed by atoms with van der Waals surface area (Å²) in [6, 6.07) is 13.7. The molecular weight excluding hydrogens is 484 g/mol. The molecule has 1 saturated heterocycles. The van der Waals surface area contributed by atoms with Crippen molar-refractivity contribution in [2.45, 2.75) is 37.2 Å². The maximum Gasteiger partial charge on any atom is 0.260 e. The van der Waals surface area contributed by atoms with Gasteiger partial charge in [-0.15, -0.1) is 0 Å². The zero-order valence-electron chi connectivity index (χ0n) is 17.4. The first kappa shape index (κ1) is 23.6. The van der Waals surface area contributed by atoms with Gasteiger partial charge in [0.2, 0.25) is 10.0 Å². The maximum absolute atomic E-state index is 12.7. The number of nitrogens with one attached hydrogen (secondary N) is 1. The Labute approximate surface area is 191 Å². The van der Waals surface area contributed by atoms with Crippen molar-refractivity contribution in [3.63, 3.8) is 0 Å². The van der Waals surface area contributed by atoms with Crippen molar-refractivity contribution in [1.29, 1.82) is 0 Å². The molecule has 1 N–H and O–H groups in total. The Morgan fingerprint density at radius 3 is 2.29 bits per heavy atom. The van der Waals surface area contributed by atoms with Crippen LogP contribution in [0, 0.1) is 0 Å². The van der Waals surface area contributed by atoms with Crippen molar-refractivity contribution >= 4 is 31.9 Å². The average Bonchev–Trinajstić information content (AvgIpc) is 2.79. The standard InChI is InChI=1S/C22H27BrN2O5S/c1-17(30-20-7-5-18(23)6-8-20)22(26)24-13-16-29-19-9-11-21(12-10-19)31(27,28)25-14-3-2-4-15-25/h5-12,17H,2-4,13-16H2,1H3,(H,24,26)/t17-/m1/s1. The summed E-state index contributed by atoms with van der Waals surface area (Å²) in [6.07, 6.45) is 2.24. The Morgan fingerprint density at radius 2 is 1.65 bits per heavy atom. The van der Waals surface area contributed by atoms with Crippen LogP contribution in [-0.2, 0) is 14.8 Å². The lowest BCUT2D eigenvalue weighted by Gasteiger charge is -2.25. The molecule has 0 unspecified atom stereocenters. The van der Waals surface area contributed by atoms with E-state index in [1.165, 1.54) is 0 Å². The van der Waals surface area contributed by atoms with Crippen molar-refractivity contribution in [1.82, 2.24) is 9.62 Å². The van der Waals surface area contributed by atoms with Gasteiger partial charge in [-0.1, -0.05) is 22.4 Å². The second kappa shape index (κ2) is 11.0. The number of piperidine rings is 1. The van der Waals surface area contributed by atoms with Gasteiger partial charge in [0, 0.05) is 17.6 Å². The summed E-state index contributed by atoms with van der Waals surface area (Å²) in [5.41, 5.74) is 0. The minimum absolute atomic E-state index is 0.241. The van der Waals surface area contributed by atoms with Crippen LogP contribution in [0.1, 0.15) is 26.2 Å². The lowest BCUT2D eigenvalue weighted by atomic mass is 10.2. The number of halogens is 1. The third-order valence-corrected chi connectivity index (χ3v) is 7.38. The first-order valence-corrected chi connectivity index (χ1v) is 12.5. The van der Waals surface area contributed by atoms with E-state index in [2.05, 4.69) is 21.2 Å². The zero-order valence-corrected chi connectivity index (χ0v) is 19.8. The van der Waals surface area contributed by atoms with Crippen LogP contribution in [0.25, 0.3) is 0 Å². The van der Waals surface area contributed by atoms with E-state index in [1.807, 2.05) is 12.1 Å². The van der Waals surface area contributed by atoms with Crippen molar-refractivity contribution in [3.05, 3.63) is 53.0 Å². The molecule has 1 fully saturated rings. The number of amides is 1. The smallest absolute Gasteiger partial charge is 0.260 e. The molecule has 3 rings (SSSR count). The largest absolute Gasteiger partial charge is 0.492 e. The van der Waals surface area contributed by atoms with Crippen LogP contribution in [-0.4, -0.2) is 51.0 Å². The van der Waals surface area contributed by atoms with Gasteiger partial charge in [0.1, 0.15) is 18.1 Å². The molecule has 31 heavy (non-hydrogen) atoms. The van der Waals surface area contributed by atoms with E-state index in [4.69, 9.17) is 9.47 Å². The highest BCUT2D eigenvalue weighted by Crippen LogP contribution is 2.22. The summed E-state index contributed by atoms with van der Waals surface area (Å²) >= 11 is 3.35. The number of rotatable bonds is 9. The second-order valence-corrected chi connectivity index (χ2v) is 10.1. The van der Waals surface area contributed by atoms with Gasteiger partial charge in [-0.3, -0.25) is 4.79 Å². The number of hydrogen-bond acceptors (Lipinski definition) is 5. The third kappa shape index (κ3) is 6.69. The normalized spacial score (nSPS) is 15.8. The molecule has 2 aromatic carbocycles. The number of nitrogens with zero attached hydrogens (tertiary/aromatic N) is 1. The predicted molar refractivity (Wildman–Crippen MR) is 122 cm³/mol. The van der Waals surface area contributed by atoms with Gasteiger partial charge in [-0.25, -0.2) is 8.42 Å². The van der Waals surface area contributed by atoms with Crippen LogP contribution in [0.15, 0.2) is 57.9 Å². The van der Waals surface area contributed by atoms with E-state index in [0.29, 0.717) is 31.1 Å². The van der Waals surface area contributed by atoms with Crippen LogP contribution in [0.3, 0.4) is 0 Å². The minimum atomic E-state index is -3.45. The number of sulfonamides is 1. The van der Waals surface area contributed by atoms with Crippen LogP contribution < -0.4 is 14.8 Å². The number of carbonyl (C=O) groups is 1. The summed E-state index contributed by atoms with van der Waals surface area (Å²) in [5.74, 6) is 0.919. The third-order valence-electron chi connectivity index (χ3n) is 4.94. The highest BCUT2D eigenvalue weighted by atomic mass is 79.9. The topological polar surface area (TPSA) is 84.9 Å².